The van der Waals surface area contributed by atoms with Crippen molar-refractivity contribution in [3.05, 3.63) is 28.6 Å². The van der Waals surface area contributed by atoms with Crippen molar-refractivity contribution in [2.45, 2.75) is 30.7 Å². The Balaban J connectivity index is 1.97. The highest BCUT2D eigenvalue weighted by Crippen LogP contribution is 2.35. The fourth-order valence-electron chi connectivity index (χ4n) is 2.66. The Kier molecular flexibility index (Phi) is 5.03. The molecule has 0 saturated carbocycles. The lowest BCUT2D eigenvalue weighted by Gasteiger charge is -2.39. The molecule has 10 heteroatoms. The standard InChI is InChI=1S/C16H18O10/c1-23-6-2-3-7-8(4-6)24-15(22)14(10(7)18)26-16-13(21)12(20)11(19)9(5-17)25-16/h2-4,9,11-13,16-21H,5H2,1H3/t9-,11-,12+,13+,16-/m1/s1. The Morgan fingerprint density at radius 1 is 1.15 bits per heavy atom. The van der Waals surface area contributed by atoms with Gasteiger partial charge in [-0.25, -0.2) is 4.79 Å². The van der Waals surface area contributed by atoms with E-state index < -0.39 is 54.4 Å². The summed E-state index contributed by atoms with van der Waals surface area (Å²) in [5.74, 6) is -0.800. The first-order valence-electron chi connectivity index (χ1n) is 7.68. The fraction of sp³-hybridized carbons (Fsp3) is 0.438. The number of benzene rings is 1. The van der Waals surface area contributed by atoms with Gasteiger partial charge in [0, 0.05) is 6.07 Å². The van der Waals surface area contributed by atoms with Crippen LogP contribution in [0, 0.1) is 0 Å². The van der Waals surface area contributed by atoms with Crippen LogP contribution in [0.1, 0.15) is 0 Å². The van der Waals surface area contributed by atoms with Gasteiger partial charge in [-0.15, -0.1) is 0 Å². The van der Waals surface area contributed by atoms with E-state index in [0.29, 0.717) is 5.75 Å². The second-order valence-corrected chi connectivity index (χ2v) is 5.74. The van der Waals surface area contributed by atoms with Crippen molar-refractivity contribution in [1.82, 2.24) is 0 Å². The van der Waals surface area contributed by atoms with E-state index in [0.717, 1.165) is 0 Å². The summed E-state index contributed by atoms with van der Waals surface area (Å²) in [6.45, 7) is -0.664. The van der Waals surface area contributed by atoms with Gasteiger partial charge < -0.3 is 44.2 Å². The average molecular weight is 370 g/mol. The third-order valence-electron chi connectivity index (χ3n) is 4.13. The summed E-state index contributed by atoms with van der Waals surface area (Å²) in [7, 11) is 1.43. The van der Waals surface area contributed by atoms with Crippen LogP contribution in [0.15, 0.2) is 27.4 Å². The summed E-state index contributed by atoms with van der Waals surface area (Å²) in [6, 6.07) is 4.36. The second kappa shape index (κ2) is 7.09. The minimum absolute atomic E-state index is 0.0491. The lowest BCUT2D eigenvalue weighted by Crippen LogP contribution is -2.60. The molecular formula is C16H18O10. The van der Waals surface area contributed by atoms with Crippen molar-refractivity contribution < 1.29 is 44.2 Å². The molecule has 1 aromatic heterocycles. The van der Waals surface area contributed by atoms with E-state index in [1.807, 2.05) is 0 Å². The largest absolute Gasteiger partial charge is 0.504 e. The second-order valence-electron chi connectivity index (χ2n) is 5.74. The van der Waals surface area contributed by atoms with Gasteiger partial charge in [-0.2, -0.15) is 0 Å². The number of fused-ring (bicyclic) bond motifs is 1. The molecule has 3 rings (SSSR count). The monoisotopic (exact) mass is 370 g/mol. The van der Waals surface area contributed by atoms with E-state index in [1.165, 1.54) is 25.3 Å². The Morgan fingerprint density at radius 2 is 1.88 bits per heavy atom. The quantitative estimate of drug-likeness (QED) is 0.409. The van der Waals surface area contributed by atoms with Crippen LogP contribution in [-0.4, -0.2) is 70.0 Å². The Hall–Kier alpha value is -2.37. The number of aromatic hydroxyl groups is 1. The van der Waals surface area contributed by atoms with Crippen molar-refractivity contribution in [2.75, 3.05) is 13.7 Å². The van der Waals surface area contributed by atoms with Gasteiger partial charge in [0.15, 0.2) is 5.75 Å². The lowest BCUT2D eigenvalue weighted by atomic mass is 9.99. The van der Waals surface area contributed by atoms with Crippen LogP contribution in [0.5, 0.6) is 17.2 Å². The summed E-state index contributed by atoms with van der Waals surface area (Å²) in [6.07, 6.45) is -7.86. The van der Waals surface area contributed by atoms with Gasteiger partial charge in [0.25, 0.3) is 5.75 Å². The summed E-state index contributed by atoms with van der Waals surface area (Å²) in [5, 5.41) is 49.1. The Labute approximate surface area is 146 Å². The maximum atomic E-state index is 12.1. The molecule has 10 nitrogen and oxygen atoms in total. The molecule has 1 aliphatic rings. The summed E-state index contributed by atoms with van der Waals surface area (Å²) >= 11 is 0. The minimum Gasteiger partial charge on any atom is -0.504 e. The van der Waals surface area contributed by atoms with Crippen LogP contribution in [0.2, 0.25) is 0 Å². The fourth-order valence-corrected chi connectivity index (χ4v) is 2.66. The van der Waals surface area contributed by atoms with Crippen molar-refractivity contribution in [3.8, 4) is 17.2 Å². The van der Waals surface area contributed by atoms with E-state index in [2.05, 4.69) is 0 Å². The van der Waals surface area contributed by atoms with Gasteiger partial charge >= 0.3 is 5.63 Å². The lowest BCUT2D eigenvalue weighted by molar-refractivity contribution is -0.278. The van der Waals surface area contributed by atoms with Gasteiger partial charge in [-0.05, 0) is 12.1 Å². The molecule has 0 amide bonds. The Morgan fingerprint density at radius 3 is 2.54 bits per heavy atom. The molecule has 1 fully saturated rings. The highest BCUT2D eigenvalue weighted by Gasteiger charge is 2.45. The number of aliphatic hydroxyl groups excluding tert-OH is 4. The first kappa shape index (κ1) is 18.4. The van der Waals surface area contributed by atoms with E-state index >= 15 is 0 Å². The molecule has 142 valence electrons. The predicted octanol–water partition coefficient (Wildman–Crippen LogP) is -1.31. The third kappa shape index (κ3) is 3.08. The van der Waals surface area contributed by atoms with Gasteiger partial charge in [0.2, 0.25) is 6.29 Å². The molecule has 0 bridgehead atoms. The molecule has 1 saturated heterocycles. The summed E-state index contributed by atoms with van der Waals surface area (Å²) in [4.78, 5) is 12.1. The molecule has 5 atom stereocenters. The van der Waals surface area contributed by atoms with E-state index in [9.17, 15) is 30.3 Å². The Bertz CT molecular complexity index is 845. The third-order valence-corrected chi connectivity index (χ3v) is 4.13. The number of rotatable bonds is 4. The SMILES string of the molecule is COc1ccc2c(O)c(O[C@H]3O[C@H](CO)[C@@H](O)[C@H](O)[C@@H]3O)c(=O)oc2c1. The van der Waals surface area contributed by atoms with Crippen LogP contribution in [0.3, 0.4) is 0 Å². The van der Waals surface area contributed by atoms with Crippen LogP contribution in [0.4, 0.5) is 0 Å². The van der Waals surface area contributed by atoms with Crippen molar-refractivity contribution in [3.63, 3.8) is 0 Å². The van der Waals surface area contributed by atoms with Crippen LogP contribution < -0.4 is 15.1 Å². The zero-order valence-electron chi connectivity index (χ0n) is 13.6. The molecule has 0 radical (unpaired) electrons. The topological polar surface area (TPSA) is 159 Å². The van der Waals surface area contributed by atoms with Crippen LogP contribution >= 0.6 is 0 Å². The van der Waals surface area contributed by atoms with E-state index in [-0.39, 0.29) is 11.0 Å². The average Bonchev–Trinajstić information content (AvgIpc) is 2.64. The molecule has 1 aromatic carbocycles. The van der Waals surface area contributed by atoms with Crippen LogP contribution in [0.25, 0.3) is 11.0 Å². The number of methoxy groups -OCH3 is 1. The first-order valence-corrected chi connectivity index (χ1v) is 7.68. The number of hydrogen-bond donors (Lipinski definition) is 5. The molecule has 0 aliphatic carbocycles. The van der Waals surface area contributed by atoms with E-state index in [1.54, 1.807) is 0 Å². The van der Waals surface area contributed by atoms with Gasteiger partial charge in [-0.1, -0.05) is 0 Å². The maximum Gasteiger partial charge on any atom is 0.383 e. The number of aliphatic hydroxyl groups is 4. The summed E-state index contributed by atoms with van der Waals surface area (Å²) in [5.41, 5.74) is -1.01. The zero-order valence-corrected chi connectivity index (χ0v) is 13.6. The first-order chi connectivity index (χ1) is 12.4. The van der Waals surface area contributed by atoms with Gasteiger partial charge in [0.05, 0.1) is 19.1 Å². The molecular weight excluding hydrogens is 352 g/mol. The van der Waals surface area contributed by atoms with Crippen molar-refractivity contribution in [1.29, 1.82) is 0 Å². The molecule has 5 N–H and O–H groups in total. The number of ether oxygens (including phenoxy) is 3. The summed E-state index contributed by atoms with van der Waals surface area (Å²) < 4.78 is 20.4. The zero-order chi connectivity index (χ0) is 19.0. The highest BCUT2D eigenvalue weighted by molar-refractivity contribution is 5.86. The van der Waals surface area contributed by atoms with Crippen molar-refractivity contribution >= 4 is 11.0 Å². The normalized spacial score (nSPS) is 28.9. The molecule has 2 heterocycles. The number of hydrogen-bond acceptors (Lipinski definition) is 10. The highest BCUT2D eigenvalue weighted by atomic mass is 16.7. The molecule has 0 spiro atoms. The molecule has 2 aromatic rings. The molecule has 26 heavy (non-hydrogen) atoms. The van der Waals surface area contributed by atoms with Crippen LogP contribution in [-0.2, 0) is 4.74 Å². The van der Waals surface area contributed by atoms with Gasteiger partial charge in [0.1, 0.15) is 35.7 Å². The molecule has 1 aliphatic heterocycles. The van der Waals surface area contributed by atoms with Crippen molar-refractivity contribution in [2.24, 2.45) is 0 Å². The maximum absolute atomic E-state index is 12.1. The van der Waals surface area contributed by atoms with E-state index in [4.69, 9.17) is 18.6 Å². The smallest absolute Gasteiger partial charge is 0.383 e. The predicted molar refractivity (Wildman–Crippen MR) is 85.1 cm³/mol. The molecule has 0 unspecified atom stereocenters. The minimum atomic E-state index is -1.74. The van der Waals surface area contributed by atoms with Gasteiger partial charge in [-0.3, -0.25) is 0 Å².